The quantitative estimate of drug-likeness (QED) is 0.136. The standard InChI is InChI=1S/C29H23Br2N3O6/c1-4-38-29(36)16(2)39-26-21(31)11-17(12-24(26)37-3)15-32-34-27(33-22-8-6-5-7-20(22)28(34)35)25-14-18-13-19(30)9-10-23(18)40-25/h5-16H,4H2,1-3H3/t16-/m1/s1. The van der Waals surface area contributed by atoms with Crippen molar-refractivity contribution >= 4 is 65.9 Å². The number of ether oxygens (including phenoxy) is 3. The van der Waals surface area contributed by atoms with Gasteiger partial charge in [-0.05, 0) is 83.9 Å². The third kappa shape index (κ3) is 5.52. The lowest BCUT2D eigenvalue weighted by Gasteiger charge is -2.17. The van der Waals surface area contributed by atoms with Gasteiger partial charge in [0, 0.05) is 9.86 Å². The number of carbonyl (C=O) groups is 1. The van der Waals surface area contributed by atoms with Crippen LogP contribution in [0.25, 0.3) is 33.5 Å². The summed E-state index contributed by atoms with van der Waals surface area (Å²) in [6.07, 6.45) is 0.658. The zero-order valence-corrected chi connectivity index (χ0v) is 24.9. The van der Waals surface area contributed by atoms with Crippen LogP contribution < -0.4 is 15.0 Å². The second-order valence-corrected chi connectivity index (χ2v) is 10.4. The van der Waals surface area contributed by atoms with Crippen molar-refractivity contribution in [3.8, 4) is 23.1 Å². The monoisotopic (exact) mass is 667 g/mol. The molecule has 0 fully saturated rings. The van der Waals surface area contributed by atoms with Crippen molar-refractivity contribution in [1.82, 2.24) is 9.66 Å². The number of furan rings is 1. The van der Waals surface area contributed by atoms with Crippen LogP contribution in [0.5, 0.6) is 11.5 Å². The van der Waals surface area contributed by atoms with E-state index >= 15 is 0 Å². The highest BCUT2D eigenvalue weighted by Crippen LogP contribution is 2.37. The molecule has 11 heteroatoms. The third-order valence-corrected chi connectivity index (χ3v) is 7.02. The van der Waals surface area contributed by atoms with Gasteiger partial charge in [0.15, 0.2) is 23.4 Å². The van der Waals surface area contributed by atoms with Crippen molar-refractivity contribution in [2.45, 2.75) is 20.0 Å². The number of nitrogens with zero attached hydrogens (tertiary/aromatic N) is 3. The molecule has 0 aliphatic heterocycles. The van der Waals surface area contributed by atoms with Crippen LogP contribution in [0.2, 0.25) is 0 Å². The van der Waals surface area contributed by atoms with E-state index in [0.717, 1.165) is 9.86 Å². The number of para-hydroxylation sites is 1. The molecule has 40 heavy (non-hydrogen) atoms. The summed E-state index contributed by atoms with van der Waals surface area (Å²) in [5.74, 6) is 0.846. The molecule has 0 N–H and O–H groups in total. The molecule has 3 aromatic carbocycles. The highest BCUT2D eigenvalue weighted by atomic mass is 79.9. The van der Waals surface area contributed by atoms with E-state index in [-0.39, 0.29) is 18.0 Å². The zero-order chi connectivity index (χ0) is 28.4. The van der Waals surface area contributed by atoms with Crippen LogP contribution in [-0.4, -0.2) is 41.7 Å². The van der Waals surface area contributed by atoms with E-state index in [9.17, 15) is 9.59 Å². The number of rotatable bonds is 8. The lowest BCUT2D eigenvalue weighted by Crippen LogP contribution is -2.26. The Hall–Kier alpha value is -3.96. The molecule has 5 aromatic rings. The average molecular weight is 669 g/mol. The molecule has 0 radical (unpaired) electrons. The minimum atomic E-state index is -0.848. The molecule has 0 aliphatic carbocycles. The number of fused-ring (bicyclic) bond motifs is 2. The number of hydrogen-bond acceptors (Lipinski definition) is 8. The second-order valence-electron chi connectivity index (χ2n) is 8.65. The molecular weight excluding hydrogens is 646 g/mol. The van der Waals surface area contributed by atoms with Crippen molar-refractivity contribution in [1.29, 1.82) is 0 Å². The summed E-state index contributed by atoms with van der Waals surface area (Å²) in [5.41, 5.74) is 1.42. The van der Waals surface area contributed by atoms with Crippen LogP contribution >= 0.6 is 31.9 Å². The van der Waals surface area contributed by atoms with Crippen LogP contribution in [0.15, 0.2) is 83.9 Å². The Morgan fingerprint density at radius 3 is 2.73 bits per heavy atom. The Bertz CT molecular complexity index is 1830. The first-order valence-corrected chi connectivity index (χ1v) is 13.8. The maximum Gasteiger partial charge on any atom is 0.347 e. The molecule has 0 spiro atoms. The van der Waals surface area contributed by atoms with Crippen LogP contribution in [0.1, 0.15) is 19.4 Å². The lowest BCUT2D eigenvalue weighted by atomic mass is 10.2. The Balaban J connectivity index is 1.58. The zero-order valence-electron chi connectivity index (χ0n) is 21.7. The summed E-state index contributed by atoms with van der Waals surface area (Å²) in [5, 5.41) is 5.77. The van der Waals surface area contributed by atoms with Gasteiger partial charge in [-0.3, -0.25) is 4.79 Å². The number of aromatic nitrogens is 2. The molecule has 1 atom stereocenters. The highest BCUT2D eigenvalue weighted by molar-refractivity contribution is 9.10. The van der Waals surface area contributed by atoms with Crippen LogP contribution in [0, 0.1) is 0 Å². The molecule has 0 amide bonds. The Morgan fingerprint density at radius 1 is 1.15 bits per heavy atom. The lowest BCUT2D eigenvalue weighted by molar-refractivity contribution is -0.150. The van der Waals surface area contributed by atoms with Crippen LogP contribution in [-0.2, 0) is 9.53 Å². The van der Waals surface area contributed by atoms with E-state index in [2.05, 4.69) is 37.0 Å². The van der Waals surface area contributed by atoms with Crippen molar-refractivity contribution < 1.29 is 23.4 Å². The topological polar surface area (TPSA) is 105 Å². The summed E-state index contributed by atoms with van der Waals surface area (Å²) in [4.78, 5) is 30.3. The SMILES string of the molecule is CCOC(=O)[C@@H](C)Oc1c(Br)cc(C=Nn2c(-c3cc4cc(Br)ccc4o3)nc3ccccc3c2=O)cc1OC. The summed E-state index contributed by atoms with van der Waals surface area (Å²) < 4.78 is 25.0. The van der Waals surface area contributed by atoms with Gasteiger partial charge in [-0.1, -0.05) is 28.1 Å². The fraction of sp³-hybridized carbons (Fsp3) is 0.172. The van der Waals surface area contributed by atoms with Gasteiger partial charge in [-0.15, -0.1) is 0 Å². The second kappa shape index (κ2) is 11.6. The largest absolute Gasteiger partial charge is 0.493 e. The normalized spacial score (nSPS) is 12.2. The van der Waals surface area contributed by atoms with Gasteiger partial charge in [0.1, 0.15) is 5.58 Å². The minimum Gasteiger partial charge on any atom is -0.493 e. The van der Waals surface area contributed by atoms with Gasteiger partial charge in [0.25, 0.3) is 5.56 Å². The smallest absolute Gasteiger partial charge is 0.347 e. The number of esters is 1. The summed E-state index contributed by atoms with van der Waals surface area (Å²) in [6, 6.07) is 17.9. The van der Waals surface area contributed by atoms with E-state index in [0.29, 0.717) is 43.8 Å². The molecule has 5 rings (SSSR count). The highest BCUT2D eigenvalue weighted by Gasteiger charge is 2.21. The first-order valence-electron chi connectivity index (χ1n) is 12.3. The van der Waals surface area contributed by atoms with Crippen LogP contribution in [0.3, 0.4) is 0 Å². The Kier molecular flexibility index (Phi) is 8.04. The van der Waals surface area contributed by atoms with Crippen molar-refractivity contribution in [3.05, 3.63) is 85.5 Å². The number of methoxy groups -OCH3 is 1. The molecule has 2 aromatic heterocycles. The molecule has 0 aliphatic rings. The number of benzene rings is 3. The van der Waals surface area contributed by atoms with Gasteiger partial charge in [0.2, 0.25) is 5.82 Å². The molecule has 0 bridgehead atoms. The van der Waals surface area contributed by atoms with Gasteiger partial charge in [0.05, 0.1) is 35.3 Å². The Labute approximate surface area is 245 Å². The predicted molar refractivity (Wildman–Crippen MR) is 159 cm³/mol. The predicted octanol–water partition coefficient (Wildman–Crippen LogP) is 6.56. The first-order chi connectivity index (χ1) is 19.3. The molecule has 0 unspecified atom stereocenters. The molecule has 0 saturated carbocycles. The summed E-state index contributed by atoms with van der Waals surface area (Å²) >= 11 is 6.96. The third-order valence-electron chi connectivity index (χ3n) is 5.94. The fourth-order valence-electron chi connectivity index (χ4n) is 4.05. The average Bonchev–Trinajstić information content (AvgIpc) is 3.36. The van der Waals surface area contributed by atoms with Crippen molar-refractivity contribution in [2.24, 2.45) is 5.10 Å². The number of hydrogen-bond donors (Lipinski definition) is 0. The number of carbonyl (C=O) groups excluding carboxylic acids is 1. The minimum absolute atomic E-state index is 0.247. The maximum absolute atomic E-state index is 13.6. The van der Waals surface area contributed by atoms with E-state index in [1.54, 1.807) is 44.2 Å². The number of halogens is 2. The van der Waals surface area contributed by atoms with Gasteiger partial charge >= 0.3 is 5.97 Å². The van der Waals surface area contributed by atoms with Gasteiger partial charge < -0.3 is 18.6 Å². The van der Waals surface area contributed by atoms with E-state index in [1.165, 1.54) is 18.0 Å². The maximum atomic E-state index is 13.6. The molecular formula is C29H23Br2N3O6. The summed E-state index contributed by atoms with van der Waals surface area (Å²) in [7, 11) is 1.49. The molecule has 204 valence electrons. The molecule has 9 nitrogen and oxygen atoms in total. The van der Waals surface area contributed by atoms with Crippen molar-refractivity contribution in [3.63, 3.8) is 0 Å². The van der Waals surface area contributed by atoms with Gasteiger partial charge in [-0.25, -0.2) is 9.78 Å². The van der Waals surface area contributed by atoms with Crippen LogP contribution in [0.4, 0.5) is 0 Å². The molecule has 0 saturated heterocycles. The van der Waals surface area contributed by atoms with E-state index in [1.807, 2.05) is 30.3 Å². The summed E-state index contributed by atoms with van der Waals surface area (Å²) in [6.45, 7) is 3.57. The molecule has 2 heterocycles. The van der Waals surface area contributed by atoms with E-state index < -0.39 is 12.1 Å². The van der Waals surface area contributed by atoms with Gasteiger partial charge in [-0.2, -0.15) is 9.78 Å². The fourth-order valence-corrected chi connectivity index (χ4v) is 4.98. The first kappa shape index (κ1) is 27.6. The Morgan fingerprint density at radius 2 is 1.95 bits per heavy atom. The van der Waals surface area contributed by atoms with E-state index in [4.69, 9.17) is 23.6 Å². The van der Waals surface area contributed by atoms with Crippen molar-refractivity contribution in [2.75, 3.05) is 13.7 Å².